The van der Waals surface area contributed by atoms with Crippen LogP contribution in [0.1, 0.15) is 21.5 Å². The van der Waals surface area contributed by atoms with E-state index in [0.717, 1.165) is 28.3 Å². The fourth-order valence-corrected chi connectivity index (χ4v) is 3.41. The molecular weight excluding hydrogens is 407 g/mol. The second kappa shape index (κ2) is 8.71. The third-order valence-corrected chi connectivity index (χ3v) is 5.22. The molecule has 0 radical (unpaired) electrons. The Kier molecular flexibility index (Phi) is 6.31. The lowest BCUT2D eigenvalue weighted by Crippen LogP contribution is -2.13. The van der Waals surface area contributed by atoms with Crippen LogP contribution >= 0.6 is 23.4 Å². The Morgan fingerprint density at radius 2 is 1.64 bits per heavy atom. The van der Waals surface area contributed by atoms with Gasteiger partial charge in [0.2, 0.25) is 0 Å². The SMILES string of the molecule is O=C(Nc1cccc(C(F)(F)F)c1)c1ccc(CSc2ccc(Cl)cc2)cc1. The smallest absolute Gasteiger partial charge is 0.322 e. The predicted octanol–water partition coefficient (Wildman–Crippen LogP) is 6.90. The first-order valence-corrected chi connectivity index (χ1v) is 9.63. The van der Waals surface area contributed by atoms with Gasteiger partial charge in [-0.05, 0) is 60.2 Å². The van der Waals surface area contributed by atoms with Gasteiger partial charge < -0.3 is 5.32 Å². The Bertz CT molecular complexity index is 957. The number of benzene rings is 3. The highest BCUT2D eigenvalue weighted by Crippen LogP contribution is 2.31. The molecule has 144 valence electrons. The molecule has 3 rings (SSSR count). The molecule has 0 unspecified atom stereocenters. The van der Waals surface area contributed by atoms with E-state index in [0.29, 0.717) is 10.6 Å². The van der Waals surface area contributed by atoms with E-state index in [1.807, 2.05) is 36.4 Å². The third kappa shape index (κ3) is 5.53. The van der Waals surface area contributed by atoms with Crippen LogP contribution in [0.25, 0.3) is 0 Å². The predicted molar refractivity (Wildman–Crippen MR) is 107 cm³/mol. The number of anilines is 1. The fourth-order valence-electron chi connectivity index (χ4n) is 2.43. The van der Waals surface area contributed by atoms with Gasteiger partial charge in [-0.25, -0.2) is 0 Å². The molecule has 0 bridgehead atoms. The molecule has 0 saturated carbocycles. The van der Waals surface area contributed by atoms with E-state index in [4.69, 9.17) is 11.6 Å². The molecule has 0 aliphatic carbocycles. The van der Waals surface area contributed by atoms with E-state index >= 15 is 0 Å². The number of nitrogens with one attached hydrogen (secondary N) is 1. The Morgan fingerprint density at radius 3 is 2.29 bits per heavy atom. The largest absolute Gasteiger partial charge is 0.416 e. The van der Waals surface area contributed by atoms with Crippen LogP contribution in [0.4, 0.5) is 18.9 Å². The van der Waals surface area contributed by atoms with E-state index < -0.39 is 17.6 Å². The normalized spacial score (nSPS) is 11.3. The van der Waals surface area contributed by atoms with E-state index in [9.17, 15) is 18.0 Å². The van der Waals surface area contributed by atoms with Gasteiger partial charge in [0.05, 0.1) is 5.56 Å². The number of hydrogen-bond acceptors (Lipinski definition) is 2. The highest BCUT2D eigenvalue weighted by atomic mass is 35.5. The maximum Gasteiger partial charge on any atom is 0.416 e. The van der Waals surface area contributed by atoms with Crippen LogP contribution in [-0.4, -0.2) is 5.91 Å². The molecule has 7 heteroatoms. The number of rotatable bonds is 5. The third-order valence-electron chi connectivity index (χ3n) is 3.88. The summed E-state index contributed by atoms with van der Waals surface area (Å²) in [6, 6.07) is 19.0. The summed E-state index contributed by atoms with van der Waals surface area (Å²) in [4.78, 5) is 13.4. The van der Waals surface area contributed by atoms with Crippen molar-refractivity contribution >= 4 is 35.0 Å². The molecule has 1 amide bonds. The van der Waals surface area contributed by atoms with E-state index in [-0.39, 0.29) is 5.69 Å². The quantitative estimate of drug-likeness (QED) is 0.454. The number of hydrogen-bond donors (Lipinski definition) is 1. The Hall–Kier alpha value is -2.44. The average molecular weight is 422 g/mol. The monoisotopic (exact) mass is 421 g/mol. The van der Waals surface area contributed by atoms with Gasteiger partial charge in [-0.15, -0.1) is 11.8 Å². The first-order valence-electron chi connectivity index (χ1n) is 8.27. The minimum Gasteiger partial charge on any atom is -0.322 e. The van der Waals surface area contributed by atoms with Gasteiger partial charge >= 0.3 is 6.18 Å². The summed E-state index contributed by atoms with van der Waals surface area (Å²) in [6.07, 6.45) is -4.45. The molecule has 0 aromatic heterocycles. The summed E-state index contributed by atoms with van der Waals surface area (Å²) in [5.74, 6) is 0.258. The van der Waals surface area contributed by atoms with Crippen molar-refractivity contribution < 1.29 is 18.0 Å². The minimum atomic E-state index is -4.45. The average Bonchev–Trinajstić information content (AvgIpc) is 2.67. The van der Waals surface area contributed by atoms with Crippen LogP contribution in [0.2, 0.25) is 5.02 Å². The van der Waals surface area contributed by atoms with E-state index in [1.54, 1.807) is 23.9 Å². The number of thioether (sulfide) groups is 1. The zero-order chi connectivity index (χ0) is 20.1. The van der Waals surface area contributed by atoms with Gasteiger partial charge in [-0.2, -0.15) is 13.2 Å². The lowest BCUT2D eigenvalue weighted by atomic mass is 10.1. The Balaban J connectivity index is 1.61. The molecule has 2 nitrogen and oxygen atoms in total. The van der Waals surface area contributed by atoms with Gasteiger partial charge in [0, 0.05) is 26.9 Å². The van der Waals surface area contributed by atoms with Gasteiger partial charge in [-0.3, -0.25) is 4.79 Å². The second-order valence-corrected chi connectivity index (χ2v) is 7.46. The summed E-state index contributed by atoms with van der Waals surface area (Å²) < 4.78 is 38.3. The highest BCUT2D eigenvalue weighted by molar-refractivity contribution is 7.98. The van der Waals surface area contributed by atoms with Crippen LogP contribution in [-0.2, 0) is 11.9 Å². The van der Waals surface area contributed by atoms with Crippen LogP contribution in [0.15, 0.2) is 77.7 Å². The topological polar surface area (TPSA) is 29.1 Å². The molecule has 0 saturated heterocycles. The van der Waals surface area contributed by atoms with Crippen LogP contribution in [0.3, 0.4) is 0 Å². The maximum absolute atomic E-state index is 12.8. The molecule has 28 heavy (non-hydrogen) atoms. The first kappa shape index (κ1) is 20.3. The molecule has 0 heterocycles. The van der Waals surface area contributed by atoms with Crippen molar-refractivity contribution in [1.82, 2.24) is 0 Å². The number of alkyl halides is 3. The summed E-state index contributed by atoms with van der Waals surface area (Å²) in [6.45, 7) is 0. The number of carbonyl (C=O) groups excluding carboxylic acids is 1. The molecule has 3 aromatic carbocycles. The summed E-state index contributed by atoms with van der Waals surface area (Å²) in [7, 11) is 0. The second-order valence-electron chi connectivity index (χ2n) is 5.97. The van der Waals surface area contributed by atoms with Crippen molar-refractivity contribution in [2.45, 2.75) is 16.8 Å². The van der Waals surface area contributed by atoms with E-state index in [2.05, 4.69) is 5.32 Å². The minimum absolute atomic E-state index is 0.0993. The Morgan fingerprint density at radius 1 is 0.964 bits per heavy atom. The fraction of sp³-hybridized carbons (Fsp3) is 0.0952. The number of carbonyl (C=O) groups is 1. The molecule has 0 spiro atoms. The van der Waals surface area contributed by atoms with Crippen molar-refractivity contribution in [2.24, 2.45) is 0 Å². The lowest BCUT2D eigenvalue weighted by Gasteiger charge is -2.10. The number of amides is 1. The van der Waals surface area contributed by atoms with Crippen molar-refractivity contribution in [3.63, 3.8) is 0 Å². The molecular formula is C21H15ClF3NOS. The van der Waals surface area contributed by atoms with Crippen molar-refractivity contribution in [3.05, 3.63) is 94.5 Å². The highest BCUT2D eigenvalue weighted by Gasteiger charge is 2.30. The van der Waals surface area contributed by atoms with Gasteiger partial charge in [0.1, 0.15) is 0 Å². The standard InChI is InChI=1S/C21H15ClF3NOS/c22-17-8-10-19(11-9-17)28-13-14-4-6-15(7-5-14)20(27)26-18-3-1-2-16(12-18)21(23,24)25/h1-12H,13H2,(H,26,27). The maximum atomic E-state index is 12.8. The van der Waals surface area contributed by atoms with Gasteiger partial charge in [0.25, 0.3) is 5.91 Å². The summed E-state index contributed by atoms with van der Waals surface area (Å²) >= 11 is 7.50. The van der Waals surface area contributed by atoms with Crippen LogP contribution < -0.4 is 5.32 Å². The molecule has 1 N–H and O–H groups in total. The van der Waals surface area contributed by atoms with Crippen molar-refractivity contribution in [2.75, 3.05) is 5.32 Å². The first-order chi connectivity index (χ1) is 13.3. The Labute approximate surface area is 169 Å². The van der Waals surface area contributed by atoms with Crippen molar-refractivity contribution in [3.8, 4) is 0 Å². The zero-order valence-electron chi connectivity index (χ0n) is 14.5. The lowest BCUT2D eigenvalue weighted by molar-refractivity contribution is -0.137. The summed E-state index contributed by atoms with van der Waals surface area (Å²) in [5, 5.41) is 3.18. The molecule has 0 aliphatic rings. The molecule has 3 aromatic rings. The van der Waals surface area contributed by atoms with Crippen LogP contribution in [0.5, 0.6) is 0 Å². The van der Waals surface area contributed by atoms with E-state index in [1.165, 1.54) is 12.1 Å². The van der Waals surface area contributed by atoms with Gasteiger partial charge in [-0.1, -0.05) is 29.8 Å². The van der Waals surface area contributed by atoms with Crippen LogP contribution in [0, 0.1) is 0 Å². The van der Waals surface area contributed by atoms with Crippen molar-refractivity contribution in [1.29, 1.82) is 0 Å². The molecule has 0 fully saturated rings. The zero-order valence-corrected chi connectivity index (χ0v) is 16.0. The van der Waals surface area contributed by atoms with Gasteiger partial charge in [0.15, 0.2) is 0 Å². The molecule has 0 atom stereocenters. The molecule has 0 aliphatic heterocycles. The summed E-state index contributed by atoms with van der Waals surface area (Å²) in [5.41, 5.74) is 0.690. The number of halogens is 4.